The molecule has 0 atom stereocenters. The molecule has 1 aliphatic rings. The highest BCUT2D eigenvalue weighted by Crippen LogP contribution is 2.29. The maximum absolute atomic E-state index is 13.0. The Morgan fingerprint density at radius 2 is 1.90 bits per heavy atom. The molecule has 7 heteroatoms. The van der Waals surface area contributed by atoms with Crippen molar-refractivity contribution in [1.82, 2.24) is 14.7 Å². The maximum atomic E-state index is 13.0. The van der Waals surface area contributed by atoms with E-state index in [1.54, 1.807) is 15.6 Å². The van der Waals surface area contributed by atoms with Crippen molar-refractivity contribution in [1.29, 1.82) is 0 Å². The van der Waals surface area contributed by atoms with Crippen LogP contribution in [-0.2, 0) is 15.0 Å². The summed E-state index contributed by atoms with van der Waals surface area (Å²) < 4.78 is 1.67. The summed E-state index contributed by atoms with van der Waals surface area (Å²) in [5.74, 6) is 0.478. The molecule has 1 fully saturated rings. The molecular formula is C24H33ClN4O2. The largest absolute Gasteiger partial charge is 0.333 e. The van der Waals surface area contributed by atoms with Crippen LogP contribution in [0.15, 0.2) is 30.3 Å². The van der Waals surface area contributed by atoms with Crippen LogP contribution < -0.4 is 5.32 Å². The molecule has 0 unspecified atom stereocenters. The number of amides is 2. The summed E-state index contributed by atoms with van der Waals surface area (Å²) in [7, 11) is 0. The first kappa shape index (κ1) is 23.3. The van der Waals surface area contributed by atoms with Crippen molar-refractivity contribution < 1.29 is 9.59 Å². The third kappa shape index (κ3) is 5.67. The van der Waals surface area contributed by atoms with Crippen LogP contribution in [-0.4, -0.2) is 39.6 Å². The number of nitrogens with one attached hydrogen (secondary N) is 1. The summed E-state index contributed by atoms with van der Waals surface area (Å²) >= 11 is 6.40. The van der Waals surface area contributed by atoms with Crippen LogP contribution in [0, 0.1) is 5.92 Å². The van der Waals surface area contributed by atoms with Crippen molar-refractivity contribution in [2.45, 2.75) is 65.2 Å². The lowest BCUT2D eigenvalue weighted by atomic mass is 9.92. The first-order chi connectivity index (χ1) is 14.7. The number of carbonyl (C=O) groups is 2. The number of hydrogen-bond donors (Lipinski definition) is 1. The molecule has 6 nitrogen and oxygen atoms in total. The SMILES string of the molecule is CCCN(CC(=O)Nc1cc(C(C)(C)C)nn1-c1ccccc1Cl)C(=O)C1CCCC1. The Morgan fingerprint density at radius 3 is 2.52 bits per heavy atom. The maximum Gasteiger partial charge on any atom is 0.245 e. The van der Waals surface area contributed by atoms with Crippen LogP contribution >= 0.6 is 11.6 Å². The van der Waals surface area contributed by atoms with Crippen molar-refractivity contribution in [3.8, 4) is 5.69 Å². The van der Waals surface area contributed by atoms with Crippen molar-refractivity contribution in [2.75, 3.05) is 18.4 Å². The minimum absolute atomic E-state index is 0.0434. The topological polar surface area (TPSA) is 67.2 Å². The molecule has 0 saturated heterocycles. The zero-order valence-electron chi connectivity index (χ0n) is 18.9. The Labute approximate surface area is 190 Å². The van der Waals surface area contributed by atoms with E-state index >= 15 is 0 Å². The highest BCUT2D eigenvalue weighted by atomic mass is 35.5. The minimum Gasteiger partial charge on any atom is -0.333 e. The van der Waals surface area contributed by atoms with E-state index in [9.17, 15) is 9.59 Å². The number of halogens is 1. The van der Waals surface area contributed by atoms with Crippen LogP contribution in [0.1, 0.15) is 65.5 Å². The van der Waals surface area contributed by atoms with Gasteiger partial charge in [-0.2, -0.15) is 5.10 Å². The lowest BCUT2D eigenvalue weighted by molar-refractivity contribution is -0.138. The molecule has 1 N–H and O–H groups in total. The van der Waals surface area contributed by atoms with Crippen LogP contribution in [0.5, 0.6) is 0 Å². The summed E-state index contributed by atoms with van der Waals surface area (Å²) in [6.07, 6.45) is 4.85. The van der Waals surface area contributed by atoms with E-state index in [4.69, 9.17) is 16.7 Å². The van der Waals surface area contributed by atoms with Gasteiger partial charge in [0, 0.05) is 23.9 Å². The van der Waals surface area contributed by atoms with E-state index in [-0.39, 0.29) is 29.7 Å². The smallest absolute Gasteiger partial charge is 0.245 e. The molecule has 3 rings (SSSR count). The summed E-state index contributed by atoms with van der Waals surface area (Å²) in [4.78, 5) is 27.6. The molecule has 1 heterocycles. The number of nitrogens with zero attached hydrogens (tertiary/aromatic N) is 3. The molecule has 0 spiro atoms. The number of rotatable bonds is 7. The monoisotopic (exact) mass is 444 g/mol. The Hall–Kier alpha value is -2.34. The van der Waals surface area contributed by atoms with E-state index in [1.807, 2.05) is 31.2 Å². The fourth-order valence-electron chi connectivity index (χ4n) is 3.97. The molecule has 0 bridgehead atoms. The summed E-state index contributed by atoms with van der Waals surface area (Å²) in [5, 5.41) is 8.24. The van der Waals surface area contributed by atoms with Gasteiger partial charge in [-0.15, -0.1) is 0 Å². The fraction of sp³-hybridized carbons (Fsp3) is 0.542. The fourth-order valence-corrected chi connectivity index (χ4v) is 4.18. The van der Waals surface area contributed by atoms with Gasteiger partial charge in [-0.25, -0.2) is 4.68 Å². The van der Waals surface area contributed by atoms with Crippen molar-refractivity contribution in [3.63, 3.8) is 0 Å². The van der Waals surface area contributed by atoms with Gasteiger partial charge in [-0.3, -0.25) is 9.59 Å². The van der Waals surface area contributed by atoms with Gasteiger partial charge >= 0.3 is 0 Å². The molecule has 0 radical (unpaired) electrons. The second-order valence-electron chi connectivity index (χ2n) is 9.32. The van der Waals surface area contributed by atoms with Gasteiger partial charge < -0.3 is 10.2 Å². The summed E-state index contributed by atoms with van der Waals surface area (Å²) in [6.45, 7) is 8.86. The van der Waals surface area contributed by atoms with Crippen LogP contribution in [0.4, 0.5) is 5.82 Å². The highest BCUT2D eigenvalue weighted by molar-refractivity contribution is 6.32. The van der Waals surface area contributed by atoms with Gasteiger partial charge in [0.25, 0.3) is 0 Å². The normalized spacial score (nSPS) is 14.6. The van der Waals surface area contributed by atoms with Crippen molar-refractivity contribution >= 4 is 29.2 Å². The van der Waals surface area contributed by atoms with Crippen molar-refractivity contribution in [3.05, 3.63) is 41.0 Å². The zero-order valence-corrected chi connectivity index (χ0v) is 19.7. The van der Waals surface area contributed by atoms with Gasteiger partial charge in [0.15, 0.2) is 0 Å². The molecule has 1 saturated carbocycles. The molecule has 168 valence electrons. The van der Waals surface area contributed by atoms with Crippen molar-refractivity contribution in [2.24, 2.45) is 5.92 Å². The minimum atomic E-state index is -0.228. The highest BCUT2D eigenvalue weighted by Gasteiger charge is 2.28. The van der Waals surface area contributed by atoms with Gasteiger partial charge in [0.05, 0.1) is 22.9 Å². The average molecular weight is 445 g/mol. The van der Waals surface area contributed by atoms with E-state index in [0.717, 1.165) is 37.8 Å². The standard InChI is InChI=1S/C24H33ClN4O2/c1-5-14-28(23(31)17-10-6-7-11-17)16-22(30)26-21-15-20(24(2,3)4)27-29(21)19-13-9-8-12-18(19)25/h8-9,12-13,15,17H,5-7,10-11,14,16H2,1-4H3,(H,26,30). The number of para-hydroxylation sites is 1. The molecule has 2 amide bonds. The third-order valence-corrected chi connectivity index (χ3v) is 5.99. The van der Waals surface area contributed by atoms with Gasteiger partial charge in [-0.05, 0) is 31.4 Å². The third-order valence-electron chi connectivity index (χ3n) is 5.67. The summed E-state index contributed by atoms with van der Waals surface area (Å²) in [5.41, 5.74) is 1.34. The number of benzene rings is 1. The van der Waals surface area contributed by atoms with Gasteiger partial charge in [0.1, 0.15) is 5.82 Å². The Bertz CT molecular complexity index is 926. The molecular weight excluding hydrogens is 412 g/mol. The van der Waals surface area contributed by atoms with E-state index < -0.39 is 0 Å². The molecule has 1 aromatic carbocycles. The molecule has 1 aromatic heterocycles. The lowest BCUT2D eigenvalue weighted by Gasteiger charge is -2.24. The van der Waals surface area contributed by atoms with Gasteiger partial charge in [-0.1, -0.05) is 64.3 Å². The first-order valence-corrected chi connectivity index (χ1v) is 11.5. The number of carbonyl (C=O) groups excluding carboxylic acids is 2. The lowest BCUT2D eigenvalue weighted by Crippen LogP contribution is -2.41. The van der Waals surface area contributed by atoms with Crippen LogP contribution in [0.2, 0.25) is 5.02 Å². The predicted molar refractivity (Wildman–Crippen MR) is 125 cm³/mol. The number of hydrogen-bond acceptors (Lipinski definition) is 3. The molecule has 2 aromatic rings. The first-order valence-electron chi connectivity index (χ1n) is 11.1. The number of anilines is 1. The Balaban J connectivity index is 1.83. The predicted octanol–water partition coefficient (Wildman–Crippen LogP) is 5.19. The van der Waals surface area contributed by atoms with Crippen LogP contribution in [0.25, 0.3) is 5.69 Å². The Morgan fingerprint density at radius 1 is 1.23 bits per heavy atom. The quantitative estimate of drug-likeness (QED) is 0.638. The second kappa shape index (κ2) is 9.86. The zero-order chi connectivity index (χ0) is 22.6. The Kier molecular flexibility index (Phi) is 7.42. The number of aromatic nitrogens is 2. The van der Waals surface area contributed by atoms with E-state index in [1.165, 1.54) is 0 Å². The average Bonchev–Trinajstić information content (AvgIpc) is 3.37. The van der Waals surface area contributed by atoms with E-state index in [2.05, 4.69) is 26.1 Å². The summed E-state index contributed by atoms with van der Waals surface area (Å²) in [6, 6.07) is 9.28. The second-order valence-corrected chi connectivity index (χ2v) is 9.72. The van der Waals surface area contributed by atoms with E-state index in [0.29, 0.717) is 23.1 Å². The molecule has 31 heavy (non-hydrogen) atoms. The molecule has 1 aliphatic carbocycles. The molecule has 0 aliphatic heterocycles. The van der Waals surface area contributed by atoms with Crippen LogP contribution in [0.3, 0.4) is 0 Å². The van der Waals surface area contributed by atoms with Gasteiger partial charge in [0.2, 0.25) is 11.8 Å².